The first-order valence-electron chi connectivity index (χ1n) is 5.52. The molecule has 0 amide bonds. The van der Waals surface area contributed by atoms with E-state index < -0.39 is 5.97 Å². The van der Waals surface area contributed by atoms with E-state index in [0.717, 1.165) is 24.3 Å². The second-order valence-corrected chi connectivity index (χ2v) is 5.26. The number of rotatable bonds is 3. The lowest BCUT2D eigenvalue weighted by atomic mass is 9.84. The van der Waals surface area contributed by atoms with Crippen molar-refractivity contribution in [3.05, 3.63) is 29.8 Å². The average molecular weight is 219 g/mol. The van der Waals surface area contributed by atoms with E-state index in [1.54, 1.807) is 0 Å². The van der Waals surface area contributed by atoms with E-state index in [0.29, 0.717) is 5.41 Å². The normalized spacial score (nSPS) is 18.0. The second kappa shape index (κ2) is 3.81. The molecule has 3 heteroatoms. The molecule has 0 radical (unpaired) electrons. The Balaban J connectivity index is 2.08. The van der Waals surface area contributed by atoms with Crippen LogP contribution in [-0.2, 0) is 11.2 Å². The SMILES string of the molecule is CC1(C)CN(c2cccc(CC(=O)O)c2)C1. The van der Waals surface area contributed by atoms with E-state index in [1.807, 2.05) is 24.3 Å². The monoisotopic (exact) mass is 219 g/mol. The van der Waals surface area contributed by atoms with Gasteiger partial charge in [0.2, 0.25) is 0 Å². The number of hydrogen-bond donors (Lipinski definition) is 1. The lowest BCUT2D eigenvalue weighted by molar-refractivity contribution is -0.136. The van der Waals surface area contributed by atoms with Gasteiger partial charge in [-0.05, 0) is 23.1 Å². The number of carbonyl (C=O) groups is 1. The van der Waals surface area contributed by atoms with Gasteiger partial charge in [0, 0.05) is 18.8 Å². The highest BCUT2D eigenvalue weighted by Gasteiger charge is 2.34. The Labute approximate surface area is 95.7 Å². The molecule has 1 heterocycles. The molecule has 86 valence electrons. The van der Waals surface area contributed by atoms with Crippen LogP contribution in [0.5, 0.6) is 0 Å². The van der Waals surface area contributed by atoms with E-state index in [-0.39, 0.29) is 6.42 Å². The number of carboxylic acid groups (broad SMARTS) is 1. The van der Waals surface area contributed by atoms with Crippen LogP contribution >= 0.6 is 0 Å². The van der Waals surface area contributed by atoms with Crippen molar-refractivity contribution in [1.29, 1.82) is 0 Å². The summed E-state index contributed by atoms with van der Waals surface area (Å²) < 4.78 is 0. The van der Waals surface area contributed by atoms with Crippen LogP contribution in [0.3, 0.4) is 0 Å². The molecule has 1 fully saturated rings. The highest BCUT2D eigenvalue weighted by atomic mass is 16.4. The third-order valence-electron chi connectivity index (χ3n) is 2.87. The summed E-state index contributed by atoms with van der Waals surface area (Å²) in [7, 11) is 0. The summed E-state index contributed by atoms with van der Waals surface area (Å²) in [6, 6.07) is 7.81. The summed E-state index contributed by atoms with van der Waals surface area (Å²) in [5.74, 6) is -0.777. The van der Waals surface area contributed by atoms with Crippen LogP contribution < -0.4 is 4.90 Å². The summed E-state index contributed by atoms with van der Waals surface area (Å²) in [4.78, 5) is 12.9. The number of aliphatic carboxylic acids is 1. The molecule has 0 aromatic heterocycles. The molecule has 1 aliphatic rings. The summed E-state index contributed by atoms with van der Waals surface area (Å²) in [5.41, 5.74) is 2.40. The van der Waals surface area contributed by atoms with Crippen LogP contribution in [0.25, 0.3) is 0 Å². The molecule has 0 spiro atoms. The first-order valence-corrected chi connectivity index (χ1v) is 5.52. The van der Waals surface area contributed by atoms with E-state index >= 15 is 0 Å². The number of hydrogen-bond acceptors (Lipinski definition) is 2. The number of carboxylic acids is 1. The second-order valence-electron chi connectivity index (χ2n) is 5.26. The van der Waals surface area contributed by atoms with Crippen molar-refractivity contribution < 1.29 is 9.90 Å². The maximum absolute atomic E-state index is 10.6. The highest BCUT2D eigenvalue weighted by molar-refractivity contribution is 5.71. The fraction of sp³-hybridized carbons (Fsp3) is 0.462. The molecule has 16 heavy (non-hydrogen) atoms. The van der Waals surface area contributed by atoms with Gasteiger partial charge in [0.15, 0.2) is 0 Å². The van der Waals surface area contributed by atoms with Crippen LogP contribution in [0.1, 0.15) is 19.4 Å². The fourth-order valence-corrected chi connectivity index (χ4v) is 2.21. The smallest absolute Gasteiger partial charge is 0.307 e. The van der Waals surface area contributed by atoms with E-state index in [4.69, 9.17) is 5.11 Å². The van der Waals surface area contributed by atoms with Gasteiger partial charge in [-0.3, -0.25) is 4.79 Å². The lowest BCUT2D eigenvalue weighted by Gasteiger charge is -2.47. The number of nitrogens with zero attached hydrogens (tertiary/aromatic N) is 1. The van der Waals surface area contributed by atoms with Crippen LogP contribution in [0.2, 0.25) is 0 Å². The van der Waals surface area contributed by atoms with Gasteiger partial charge in [-0.1, -0.05) is 26.0 Å². The first kappa shape index (κ1) is 11.0. The Morgan fingerprint density at radius 1 is 1.44 bits per heavy atom. The molecule has 1 N–H and O–H groups in total. The molecule has 0 aliphatic carbocycles. The van der Waals surface area contributed by atoms with Gasteiger partial charge < -0.3 is 10.0 Å². The minimum absolute atomic E-state index is 0.102. The van der Waals surface area contributed by atoms with E-state index in [1.165, 1.54) is 0 Å². The maximum atomic E-state index is 10.6. The van der Waals surface area contributed by atoms with Crippen LogP contribution in [0, 0.1) is 5.41 Å². The Kier molecular flexibility index (Phi) is 2.62. The van der Waals surface area contributed by atoms with E-state index in [9.17, 15) is 4.79 Å². The van der Waals surface area contributed by atoms with Crippen LogP contribution in [-0.4, -0.2) is 24.2 Å². The number of anilines is 1. The van der Waals surface area contributed by atoms with Crippen molar-refractivity contribution in [2.24, 2.45) is 5.41 Å². The number of benzene rings is 1. The summed E-state index contributed by atoms with van der Waals surface area (Å²) in [6.07, 6.45) is 0.102. The molecule has 1 aromatic carbocycles. The molecular weight excluding hydrogens is 202 g/mol. The standard InChI is InChI=1S/C13H17NO2/c1-13(2)8-14(9-13)11-5-3-4-10(6-11)7-12(15)16/h3-6H,7-9H2,1-2H3,(H,15,16). The third kappa shape index (κ3) is 2.35. The summed E-state index contributed by atoms with van der Waals surface area (Å²) in [6.45, 7) is 6.57. The predicted octanol–water partition coefficient (Wildman–Crippen LogP) is 2.16. The van der Waals surface area contributed by atoms with Gasteiger partial charge in [0.05, 0.1) is 6.42 Å². The van der Waals surface area contributed by atoms with Crippen molar-refractivity contribution in [2.75, 3.05) is 18.0 Å². The van der Waals surface area contributed by atoms with Gasteiger partial charge in [-0.2, -0.15) is 0 Å². The molecule has 0 saturated carbocycles. The zero-order chi connectivity index (χ0) is 11.8. The van der Waals surface area contributed by atoms with Crippen molar-refractivity contribution in [3.63, 3.8) is 0 Å². The topological polar surface area (TPSA) is 40.5 Å². The largest absolute Gasteiger partial charge is 0.481 e. The van der Waals surface area contributed by atoms with Gasteiger partial charge in [-0.25, -0.2) is 0 Å². The van der Waals surface area contributed by atoms with E-state index in [2.05, 4.69) is 18.7 Å². The van der Waals surface area contributed by atoms with Crippen LogP contribution in [0.15, 0.2) is 24.3 Å². The minimum Gasteiger partial charge on any atom is -0.481 e. The Morgan fingerprint density at radius 3 is 2.69 bits per heavy atom. The quantitative estimate of drug-likeness (QED) is 0.847. The van der Waals surface area contributed by atoms with Crippen LogP contribution in [0.4, 0.5) is 5.69 Å². The molecule has 0 atom stereocenters. The van der Waals surface area contributed by atoms with Gasteiger partial charge in [-0.15, -0.1) is 0 Å². The highest BCUT2D eigenvalue weighted by Crippen LogP contribution is 2.33. The Bertz CT molecular complexity index is 404. The van der Waals surface area contributed by atoms with Gasteiger partial charge in [0.25, 0.3) is 0 Å². The molecule has 0 unspecified atom stereocenters. The van der Waals surface area contributed by atoms with Crippen molar-refractivity contribution in [2.45, 2.75) is 20.3 Å². The third-order valence-corrected chi connectivity index (χ3v) is 2.87. The lowest BCUT2D eigenvalue weighted by Crippen LogP contribution is -2.53. The predicted molar refractivity (Wildman–Crippen MR) is 63.8 cm³/mol. The molecule has 0 bridgehead atoms. The first-order chi connectivity index (χ1) is 7.46. The molecule has 1 saturated heterocycles. The van der Waals surface area contributed by atoms with Crippen molar-refractivity contribution in [1.82, 2.24) is 0 Å². The summed E-state index contributed by atoms with van der Waals surface area (Å²) >= 11 is 0. The Morgan fingerprint density at radius 2 is 2.12 bits per heavy atom. The zero-order valence-electron chi connectivity index (χ0n) is 9.73. The molecule has 1 aromatic rings. The maximum Gasteiger partial charge on any atom is 0.307 e. The van der Waals surface area contributed by atoms with Gasteiger partial charge >= 0.3 is 5.97 Å². The van der Waals surface area contributed by atoms with Crippen molar-refractivity contribution >= 4 is 11.7 Å². The molecule has 1 aliphatic heterocycles. The Hall–Kier alpha value is -1.51. The summed E-state index contributed by atoms with van der Waals surface area (Å²) in [5, 5.41) is 8.74. The average Bonchev–Trinajstić information content (AvgIpc) is 2.13. The molecule has 3 nitrogen and oxygen atoms in total. The zero-order valence-corrected chi connectivity index (χ0v) is 9.73. The molecular formula is C13H17NO2. The molecule has 2 rings (SSSR count). The minimum atomic E-state index is -0.777. The van der Waals surface area contributed by atoms with Gasteiger partial charge in [0.1, 0.15) is 0 Å². The fourth-order valence-electron chi connectivity index (χ4n) is 2.21. The van der Waals surface area contributed by atoms with Crippen molar-refractivity contribution in [3.8, 4) is 0 Å².